The fourth-order valence-corrected chi connectivity index (χ4v) is 2.78. The van der Waals surface area contributed by atoms with E-state index in [-0.39, 0.29) is 12.1 Å². The van der Waals surface area contributed by atoms with Crippen LogP contribution in [0.15, 0.2) is 18.3 Å². The standard InChI is InChI=1S/C15H21F2N3O.C2H6/c1-10-5-6-13(18-7-10)19-8-11(2)20(12(3)9-19)14(21)15(4,16)17;1-2/h5-7,11-12H,8-9H2,1-4H3;1-2H3. The van der Waals surface area contributed by atoms with Crippen molar-refractivity contribution in [1.82, 2.24) is 9.88 Å². The second kappa shape index (κ2) is 7.70. The fraction of sp³-hybridized carbons (Fsp3) is 0.647. The number of pyridine rings is 1. The van der Waals surface area contributed by atoms with Crippen LogP contribution >= 0.6 is 0 Å². The summed E-state index contributed by atoms with van der Waals surface area (Å²) in [4.78, 5) is 19.6. The van der Waals surface area contributed by atoms with E-state index in [1.807, 2.05) is 37.8 Å². The summed E-state index contributed by atoms with van der Waals surface area (Å²) in [6, 6.07) is 3.32. The first-order chi connectivity index (χ1) is 10.7. The Hall–Kier alpha value is -1.72. The van der Waals surface area contributed by atoms with Crippen LogP contribution in [0.4, 0.5) is 14.6 Å². The SMILES string of the molecule is CC.Cc1ccc(N2CC(C)N(C(=O)C(C)(F)F)C(C)C2)nc1. The van der Waals surface area contributed by atoms with Crippen molar-refractivity contribution in [2.24, 2.45) is 0 Å². The molecule has 0 aliphatic carbocycles. The molecule has 2 rings (SSSR count). The molecular weight excluding hydrogens is 300 g/mol. The molecule has 0 bridgehead atoms. The molecule has 1 aromatic heterocycles. The average Bonchev–Trinajstić information content (AvgIpc) is 2.48. The molecule has 0 radical (unpaired) electrons. The predicted molar refractivity (Wildman–Crippen MR) is 88.9 cm³/mol. The number of carbonyl (C=O) groups excluding carboxylic acids is 1. The van der Waals surface area contributed by atoms with Gasteiger partial charge in [-0.1, -0.05) is 19.9 Å². The van der Waals surface area contributed by atoms with Gasteiger partial charge in [-0.15, -0.1) is 0 Å². The van der Waals surface area contributed by atoms with Gasteiger partial charge < -0.3 is 9.80 Å². The quantitative estimate of drug-likeness (QED) is 0.834. The van der Waals surface area contributed by atoms with Crippen LogP contribution in [0.5, 0.6) is 0 Å². The minimum Gasteiger partial charge on any atom is -0.353 e. The first-order valence-electron chi connectivity index (χ1n) is 8.08. The molecule has 23 heavy (non-hydrogen) atoms. The first-order valence-corrected chi connectivity index (χ1v) is 8.08. The topological polar surface area (TPSA) is 36.4 Å². The molecule has 1 fully saturated rings. The zero-order valence-corrected chi connectivity index (χ0v) is 14.8. The van der Waals surface area contributed by atoms with Gasteiger partial charge in [-0.25, -0.2) is 4.98 Å². The number of aromatic nitrogens is 1. The molecule has 0 spiro atoms. The molecule has 1 saturated heterocycles. The summed E-state index contributed by atoms with van der Waals surface area (Å²) in [5.74, 6) is -3.61. The number of piperazine rings is 1. The highest BCUT2D eigenvalue weighted by Gasteiger charge is 2.43. The van der Waals surface area contributed by atoms with Crippen LogP contribution in [0.25, 0.3) is 0 Å². The molecule has 6 heteroatoms. The number of aryl methyl sites for hydroxylation is 1. The van der Waals surface area contributed by atoms with Crippen LogP contribution in [0.3, 0.4) is 0 Å². The lowest BCUT2D eigenvalue weighted by Gasteiger charge is -2.45. The number of amides is 1. The zero-order valence-electron chi connectivity index (χ0n) is 14.8. The summed E-state index contributed by atoms with van der Waals surface area (Å²) < 4.78 is 26.6. The molecule has 1 aliphatic rings. The number of nitrogens with zero attached hydrogens (tertiary/aromatic N) is 3. The summed E-state index contributed by atoms with van der Waals surface area (Å²) in [6.45, 7) is 11.2. The Balaban J connectivity index is 0.00000127. The van der Waals surface area contributed by atoms with Crippen molar-refractivity contribution in [2.45, 2.75) is 59.5 Å². The number of hydrogen-bond acceptors (Lipinski definition) is 3. The molecular formula is C17H27F2N3O. The van der Waals surface area contributed by atoms with E-state index in [1.54, 1.807) is 20.0 Å². The van der Waals surface area contributed by atoms with Gasteiger partial charge in [0.15, 0.2) is 0 Å². The molecule has 0 saturated carbocycles. The van der Waals surface area contributed by atoms with Gasteiger partial charge in [0.1, 0.15) is 5.82 Å². The van der Waals surface area contributed by atoms with Crippen LogP contribution in [0.2, 0.25) is 0 Å². The van der Waals surface area contributed by atoms with Crippen molar-refractivity contribution >= 4 is 11.7 Å². The van der Waals surface area contributed by atoms with Crippen LogP contribution < -0.4 is 4.90 Å². The summed E-state index contributed by atoms with van der Waals surface area (Å²) in [5, 5.41) is 0. The lowest BCUT2D eigenvalue weighted by Crippen LogP contribution is -2.61. The van der Waals surface area contributed by atoms with Gasteiger partial charge in [0.25, 0.3) is 5.91 Å². The van der Waals surface area contributed by atoms with Crippen molar-refractivity contribution in [3.05, 3.63) is 23.9 Å². The third-order valence-electron chi connectivity index (χ3n) is 3.75. The predicted octanol–water partition coefficient (Wildman–Crippen LogP) is 3.50. The minimum atomic E-state index is -3.33. The summed E-state index contributed by atoms with van der Waals surface area (Å²) in [7, 11) is 0. The molecule has 130 valence electrons. The Labute approximate surface area is 137 Å². The van der Waals surface area contributed by atoms with E-state index in [1.165, 1.54) is 4.90 Å². The van der Waals surface area contributed by atoms with E-state index < -0.39 is 11.8 Å². The number of halogens is 2. The molecule has 0 aromatic carbocycles. The van der Waals surface area contributed by atoms with Crippen LogP contribution in [0.1, 0.15) is 40.2 Å². The van der Waals surface area contributed by atoms with E-state index >= 15 is 0 Å². The van der Waals surface area contributed by atoms with Gasteiger partial charge in [-0.3, -0.25) is 4.79 Å². The Kier molecular flexibility index (Phi) is 6.47. The maximum Gasteiger partial charge on any atom is 0.322 e. The average molecular weight is 327 g/mol. The normalized spacial score (nSPS) is 21.6. The third-order valence-corrected chi connectivity index (χ3v) is 3.75. The van der Waals surface area contributed by atoms with Crippen molar-refractivity contribution in [3.63, 3.8) is 0 Å². The Bertz CT molecular complexity index is 502. The van der Waals surface area contributed by atoms with E-state index in [0.29, 0.717) is 20.0 Å². The second-order valence-electron chi connectivity index (χ2n) is 5.90. The minimum absolute atomic E-state index is 0.282. The van der Waals surface area contributed by atoms with Crippen LogP contribution in [0, 0.1) is 6.92 Å². The van der Waals surface area contributed by atoms with Crippen molar-refractivity contribution < 1.29 is 13.6 Å². The maximum absolute atomic E-state index is 13.3. The number of anilines is 1. The van der Waals surface area contributed by atoms with Gasteiger partial charge in [-0.2, -0.15) is 8.78 Å². The van der Waals surface area contributed by atoms with Crippen molar-refractivity contribution in [2.75, 3.05) is 18.0 Å². The molecule has 1 amide bonds. The molecule has 2 unspecified atom stereocenters. The first kappa shape index (κ1) is 19.3. The summed E-state index contributed by atoms with van der Waals surface area (Å²) in [5.41, 5.74) is 1.07. The van der Waals surface area contributed by atoms with E-state index in [2.05, 4.69) is 4.98 Å². The Morgan fingerprint density at radius 1 is 1.22 bits per heavy atom. The maximum atomic E-state index is 13.3. The number of hydrogen-bond donors (Lipinski definition) is 0. The molecule has 2 atom stereocenters. The third kappa shape index (κ3) is 4.62. The van der Waals surface area contributed by atoms with Gasteiger partial charge in [0.05, 0.1) is 0 Å². The van der Waals surface area contributed by atoms with Crippen LogP contribution in [-0.4, -0.2) is 46.9 Å². The smallest absolute Gasteiger partial charge is 0.322 e. The summed E-state index contributed by atoms with van der Waals surface area (Å²) in [6.07, 6.45) is 1.78. The molecule has 1 aromatic rings. The second-order valence-corrected chi connectivity index (χ2v) is 5.90. The largest absolute Gasteiger partial charge is 0.353 e. The monoisotopic (exact) mass is 327 g/mol. The fourth-order valence-electron chi connectivity index (χ4n) is 2.78. The van der Waals surface area contributed by atoms with Crippen molar-refractivity contribution in [1.29, 1.82) is 0 Å². The van der Waals surface area contributed by atoms with Gasteiger partial charge in [-0.05, 0) is 32.4 Å². The highest BCUT2D eigenvalue weighted by molar-refractivity contribution is 5.84. The molecule has 0 N–H and O–H groups in total. The van der Waals surface area contributed by atoms with Gasteiger partial charge in [0.2, 0.25) is 0 Å². The number of rotatable bonds is 2. The molecule has 4 nitrogen and oxygen atoms in total. The molecule has 2 heterocycles. The Morgan fingerprint density at radius 3 is 2.13 bits per heavy atom. The van der Waals surface area contributed by atoms with E-state index in [4.69, 9.17) is 0 Å². The highest BCUT2D eigenvalue weighted by atomic mass is 19.3. The molecule has 1 aliphatic heterocycles. The lowest BCUT2D eigenvalue weighted by atomic mass is 10.1. The van der Waals surface area contributed by atoms with E-state index in [0.717, 1.165) is 11.4 Å². The van der Waals surface area contributed by atoms with Gasteiger partial charge in [0, 0.05) is 38.3 Å². The lowest BCUT2D eigenvalue weighted by molar-refractivity contribution is -0.160. The number of carbonyl (C=O) groups is 1. The summed E-state index contributed by atoms with van der Waals surface area (Å²) >= 11 is 0. The zero-order chi connectivity index (χ0) is 17.8. The highest BCUT2D eigenvalue weighted by Crippen LogP contribution is 2.25. The van der Waals surface area contributed by atoms with Gasteiger partial charge >= 0.3 is 5.92 Å². The van der Waals surface area contributed by atoms with E-state index in [9.17, 15) is 13.6 Å². The number of alkyl halides is 2. The Morgan fingerprint density at radius 2 is 1.74 bits per heavy atom. The van der Waals surface area contributed by atoms with Crippen LogP contribution in [-0.2, 0) is 4.79 Å². The van der Waals surface area contributed by atoms with Crippen molar-refractivity contribution in [3.8, 4) is 0 Å².